The van der Waals surface area contributed by atoms with Gasteiger partial charge in [-0.15, -0.1) is 0 Å². The molecule has 0 bridgehead atoms. The SMILES string of the molecule is O=C(O)C1CCCN1C(=O)c1cc(F)ccc1[N+](=O)[O-]. The molecule has 1 atom stereocenters. The third-order valence-corrected chi connectivity index (χ3v) is 3.18. The van der Waals surface area contributed by atoms with Crippen LogP contribution < -0.4 is 0 Å². The van der Waals surface area contributed by atoms with E-state index in [1.54, 1.807) is 0 Å². The van der Waals surface area contributed by atoms with Crippen molar-refractivity contribution in [3.8, 4) is 0 Å². The molecule has 1 aromatic carbocycles. The van der Waals surface area contributed by atoms with E-state index in [4.69, 9.17) is 5.11 Å². The fourth-order valence-corrected chi connectivity index (χ4v) is 2.26. The maximum Gasteiger partial charge on any atom is 0.326 e. The fourth-order valence-electron chi connectivity index (χ4n) is 2.26. The average Bonchev–Trinajstić information content (AvgIpc) is 2.86. The van der Waals surface area contributed by atoms with Crippen molar-refractivity contribution in [1.82, 2.24) is 4.90 Å². The Bertz CT molecular complexity index is 589. The van der Waals surface area contributed by atoms with Crippen molar-refractivity contribution < 1.29 is 24.0 Å². The number of carbonyl (C=O) groups excluding carboxylic acids is 1. The van der Waals surface area contributed by atoms with Crippen LogP contribution in [-0.2, 0) is 4.79 Å². The third kappa shape index (κ3) is 2.44. The van der Waals surface area contributed by atoms with Gasteiger partial charge in [0, 0.05) is 12.6 Å². The number of carboxylic acids is 1. The van der Waals surface area contributed by atoms with Crippen LogP contribution in [0.15, 0.2) is 18.2 Å². The van der Waals surface area contributed by atoms with Gasteiger partial charge >= 0.3 is 5.97 Å². The predicted molar refractivity (Wildman–Crippen MR) is 64.7 cm³/mol. The Hall–Kier alpha value is -2.51. The zero-order valence-corrected chi connectivity index (χ0v) is 10.3. The molecule has 1 heterocycles. The number of aliphatic carboxylic acids is 1. The lowest BCUT2D eigenvalue weighted by Crippen LogP contribution is -2.40. The molecule has 0 radical (unpaired) electrons. The van der Waals surface area contributed by atoms with E-state index in [9.17, 15) is 24.1 Å². The summed E-state index contributed by atoms with van der Waals surface area (Å²) in [6, 6.07) is 1.52. The molecule has 0 aliphatic carbocycles. The molecule has 0 spiro atoms. The molecule has 1 saturated heterocycles. The minimum absolute atomic E-state index is 0.184. The highest BCUT2D eigenvalue weighted by Crippen LogP contribution is 2.26. The molecular formula is C12H11FN2O5. The molecule has 0 saturated carbocycles. The van der Waals surface area contributed by atoms with Crippen molar-refractivity contribution in [2.75, 3.05) is 6.54 Å². The molecule has 106 valence electrons. The van der Waals surface area contributed by atoms with Crippen molar-refractivity contribution in [3.05, 3.63) is 39.7 Å². The summed E-state index contributed by atoms with van der Waals surface area (Å²) in [6.45, 7) is 0.184. The van der Waals surface area contributed by atoms with Crippen molar-refractivity contribution in [2.45, 2.75) is 18.9 Å². The number of hydrogen-bond acceptors (Lipinski definition) is 4. The number of nitrogens with zero attached hydrogens (tertiary/aromatic N) is 2. The molecule has 8 heteroatoms. The van der Waals surface area contributed by atoms with Crippen LogP contribution in [0.3, 0.4) is 0 Å². The summed E-state index contributed by atoms with van der Waals surface area (Å²) in [5.41, 5.74) is -0.962. The van der Waals surface area contributed by atoms with Gasteiger partial charge in [0.1, 0.15) is 17.4 Å². The zero-order valence-electron chi connectivity index (χ0n) is 10.3. The second-order valence-electron chi connectivity index (χ2n) is 4.41. The summed E-state index contributed by atoms with van der Waals surface area (Å²) in [7, 11) is 0. The molecule has 7 nitrogen and oxygen atoms in total. The molecule has 2 rings (SSSR count). The number of carboxylic acid groups (broad SMARTS) is 1. The van der Waals surface area contributed by atoms with Crippen molar-refractivity contribution >= 4 is 17.6 Å². The Morgan fingerprint density at radius 1 is 1.45 bits per heavy atom. The Morgan fingerprint density at radius 2 is 2.15 bits per heavy atom. The van der Waals surface area contributed by atoms with E-state index in [1.165, 1.54) is 0 Å². The number of likely N-dealkylation sites (tertiary alicyclic amines) is 1. The first-order chi connectivity index (χ1) is 9.41. The van der Waals surface area contributed by atoms with E-state index >= 15 is 0 Å². The number of nitro groups is 1. The lowest BCUT2D eigenvalue weighted by molar-refractivity contribution is -0.385. The van der Waals surface area contributed by atoms with E-state index in [2.05, 4.69) is 0 Å². The van der Waals surface area contributed by atoms with Crippen molar-refractivity contribution in [1.29, 1.82) is 0 Å². The summed E-state index contributed by atoms with van der Waals surface area (Å²) < 4.78 is 13.2. The minimum atomic E-state index is -1.17. The van der Waals surface area contributed by atoms with E-state index in [1.807, 2.05) is 0 Å². The Kier molecular flexibility index (Phi) is 3.64. The number of nitro benzene ring substituents is 1. The standard InChI is InChI=1S/C12H11FN2O5/c13-7-3-4-9(15(19)20)8(6-7)11(16)14-5-1-2-10(14)12(17)18/h3-4,6,10H,1-2,5H2,(H,17,18). The quantitative estimate of drug-likeness (QED) is 0.667. The lowest BCUT2D eigenvalue weighted by Gasteiger charge is -2.21. The summed E-state index contributed by atoms with van der Waals surface area (Å²) in [5.74, 6) is -2.79. The van der Waals surface area contributed by atoms with Gasteiger partial charge in [0.05, 0.1) is 4.92 Å². The van der Waals surface area contributed by atoms with Gasteiger partial charge in [-0.1, -0.05) is 0 Å². The molecule has 1 unspecified atom stereocenters. The van der Waals surface area contributed by atoms with Crippen LogP contribution in [0, 0.1) is 15.9 Å². The third-order valence-electron chi connectivity index (χ3n) is 3.18. The van der Waals surface area contributed by atoms with Gasteiger partial charge in [0.25, 0.3) is 11.6 Å². The second-order valence-corrected chi connectivity index (χ2v) is 4.41. The van der Waals surface area contributed by atoms with Crippen LogP contribution in [-0.4, -0.2) is 39.4 Å². The van der Waals surface area contributed by atoms with Crippen LogP contribution in [0.5, 0.6) is 0 Å². The van der Waals surface area contributed by atoms with E-state index < -0.39 is 39.9 Å². The highest BCUT2D eigenvalue weighted by Gasteiger charge is 2.36. The first-order valence-corrected chi connectivity index (χ1v) is 5.89. The van der Waals surface area contributed by atoms with Gasteiger partial charge in [-0.2, -0.15) is 0 Å². The fraction of sp³-hybridized carbons (Fsp3) is 0.333. The topological polar surface area (TPSA) is 101 Å². The molecule has 1 aliphatic rings. The minimum Gasteiger partial charge on any atom is -0.480 e. The molecular weight excluding hydrogens is 271 g/mol. The van der Waals surface area contributed by atoms with Crippen LogP contribution in [0.1, 0.15) is 23.2 Å². The number of amides is 1. The summed E-state index contributed by atoms with van der Waals surface area (Å²) in [5, 5.41) is 19.9. The van der Waals surface area contributed by atoms with Crippen LogP contribution in [0.2, 0.25) is 0 Å². The summed E-state index contributed by atoms with van der Waals surface area (Å²) >= 11 is 0. The van der Waals surface area contributed by atoms with Gasteiger partial charge in [0.2, 0.25) is 0 Å². The molecule has 1 aromatic rings. The summed E-state index contributed by atoms with van der Waals surface area (Å²) in [4.78, 5) is 34.4. The maximum atomic E-state index is 13.2. The Morgan fingerprint density at radius 3 is 2.75 bits per heavy atom. The van der Waals surface area contributed by atoms with Gasteiger partial charge in [-0.3, -0.25) is 14.9 Å². The molecule has 20 heavy (non-hydrogen) atoms. The summed E-state index contributed by atoms with van der Waals surface area (Å²) in [6.07, 6.45) is 0.774. The first kappa shape index (κ1) is 13.9. The van der Waals surface area contributed by atoms with Gasteiger partial charge in [-0.25, -0.2) is 9.18 Å². The van der Waals surface area contributed by atoms with Crippen LogP contribution in [0.25, 0.3) is 0 Å². The number of hydrogen-bond donors (Lipinski definition) is 1. The highest BCUT2D eigenvalue weighted by molar-refractivity contribution is 6.00. The van der Waals surface area contributed by atoms with Crippen molar-refractivity contribution in [3.63, 3.8) is 0 Å². The van der Waals surface area contributed by atoms with Gasteiger partial charge < -0.3 is 10.0 Å². The van der Waals surface area contributed by atoms with E-state index in [0.29, 0.717) is 6.42 Å². The Labute approximate surface area is 112 Å². The first-order valence-electron chi connectivity index (χ1n) is 5.89. The highest BCUT2D eigenvalue weighted by atomic mass is 19.1. The van der Waals surface area contributed by atoms with E-state index in [-0.39, 0.29) is 13.0 Å². The lowest BCUT2D eigenvalue weighted by atomic mass is 10.1. The van der Waals surface area contributed by atoms with Crippen LogP contribution >= 0.6 is 0 Å². The predicted octanol–water partition coefficient (Wildman–Crippen LogP) is 1.42. The average molecular weight is 282 g/mol. The number of carbonyl (C=O) groups is 2. The van der Waals surface area contributed by atoms with E-state index in [0.717, 1.165) is 23.1 Å². The maximum absolute atomic E-state index is 13.2. The van der Waals surface area contributed by atoms with Crippen molar-refractivity contribution in [2.24, 2.45) is 0 Å². The van der Waals surface area contributed by atoms with Gasteiger partial charge in [-0.05, 0) is 25.0 Å². The second kappa shape index (κ2) is 5.24. The number of rotatable bonds is 3. The molecule has 1 amide bonds. The molecule has 1 N–H and O–H groups in total. The number of benzene rings is 1. The molecule has 0 aromatic heterocycles. The molecule has 1 aliphatic heterocycles. The molecule has 1 fully saturated rings. The largest absolute Gasteiger partial charge is 0.480 e. The van der Waals surface area contributed by atoms with Crippen LogP contribution in [0.4, 0.5) is 10.1 Å². The number of halogens is 1. The zero-order chi connectivity index (χ0) is 14.9. The normalized spacial score (nSPS) is 18.1. The monoisotopic (exact) mass is 282 g/mol. The smallest absolute Gasteiger partial charge is 0.326 e. The van der Waals surface area contributed by atoms with Gasteiger partial charge in [0.15, 0.2) is 0 Å². The Balaban J connectivity index is 2.40.